The summed E-state index contributed by atoms with van der Waals surface area (Å²) in [6, 6.07) is 14.8. The van der Waals surface area contributed by atoms with Gasteiger partial charge in [-0.3, -0.25) is 0 Å². The zero-order valence-electron chi connectivity index (χ0n) is 19.1. The van der Waals surface area contributed by atoms with E-state index in [9.17, 15) is 45.0 Å². The predicted molar refractivity (Wildman–Crippen MR) is 122 cm³/mol. The third-order valence-corrected chi connectivity index (χ3v) is 5.15. The average molecular weight is 514 g/mol. The number of aliphatic hydroxyl groups is 3. The minimum Gasteiger partial charge on any atom is -0.507 e. The van der Waals surface area contributed by atoms with E-state index < -0.39 is 69.7 Å². The summed E-state index contributed by atoms with van der Waals surface area (Å²) in [7, 11) is 0. The first-order chi connectivity index (χ1) is 17.4. The summed E-state index contributed by atoms with van der Waals surface area (Å²) in [5.74, 6) is -13.9. The van der Waals surface area contributed by atoms with Gasteiger partial charge in [0.1, 0.15) is 33.9 Å². The van der Waals surface area contributed by atoms with Gasteiger partial charge in [-0.15, -0.1) is 0 Å². The molecule has 194 valence electrons. The fourth-order valence-corrected chi connectivity index (χ4v) is 3.22. The van der Waals surface area contributed by atoms with Gasteiger partial charge in [0.2, 0.25) is 0 Å². The molecule has 0 spiro atoms. The molecule has 0 aliphatic rings. The van der Waals surface area contributed by atoms with Crippen molar-refractivity contribution < 1.29 is 59.2 Å². The number of aromatic hydroxyl groups is 3. The van der Waals surface area contributed by atoms with Gasteiger partial charge >= 0.3 is 29.7 Å². The second-order valence-electron chi connectivity index (χ2n) is 7.68. The van der Waals surface area contributed by atoms with Gasteiger partial charge in [-0.25, -0.2) is 14.4 Å². The third-order valence-electron chi connectivity index (χ3n) is 5.15. The molecule has 0 aliphatic carbocycles. The Hall–Kier alpha value is -4.65. The standard InChI is InChI=1S/C25H22O12/c1-14(35-21(29)15-8-2-5-11-18(15)26)24(25(32,33)34,36-22(30)16-9-3-6-12-19(16)27)37-23(31)17-10-4-7-13-20(17)28/h2-14,26-28,32-34H,1H3. The van der Waals surface area contributed by atoms with Crippen LogP contribution in [-0.2, 0) is 14.2 Å². The lowest BCUT2D eigenvalue weighted by molar-refractivity contribution is -0.454. The lowest BCUT2D eigenvalue weighted by Gasteiger charge is -2.40. The van der Waals surface area contributed by atoms with E-state index in [0.29, 0.717) is 0 Å². The maximum atomic E-state index is 12.9. The summed E-state index contributed by atoms with van der Waals surface area (Å²) >= 11 is 0. The van der Waals surface area contributed by atoms with E-state index in [1.807, 2.05) is 0 Å². The number of carbonyl (C=O) groups excluding carboxylic acids is 3. The number of carbonyl (C=O) groups is 3. The minimum atomic E-state index is -4.22. The largest absolute Gasteiger partial charge is 0.507 e. The van der Waals surface area contributed by atoms with Crippen LogP contribution in [0.25, 0.3) is 0 Å². The van der Waals surface area contributed by atoms with E-state index in [0.717, 1.165) is 43.3 Å². The van der Waals surface area contributed by atoms with Crippen molar-refractivity contribution >= 4 is 17.9 Å². The van der Waals surface area contributed by atoms with E-state index in [1.54, 1.807) is 0 Å². The van der Waals surface area contributed by atoms with E-state index in [1.165, 1.54) is 36.4 Å². The molecular weight excluding hydrogens is 492 g/mol. The second kappa shape index (κ2) is 10.5. The molecule has 0 radical (unpaired) electrons. The lowest BCUT2D eigenvalue weighted by atomic mass is 10.1. The Kier molecular flexibility index (Phi) is 7.67. The van der Waals surface area contributed by atoms with Crippen LogP contribution in [0.5, 0.6) is 17.2 Å². The number of phenolic OH excluding ortho intramolecular Hbond substituents is 3. The smallest absolute Gasteiger partial charge is 0.376 e. The molecule has 0 amide bonds. The highest BCUT2D eigenvalue weighted by Gasteiger charge is 2.63. The summed E-state index contributed by atoms with van der Waals surface area (Å²) in [4.78, 5) is 38.5. The highest BCUT2D eigenvalue weighted by atomic mass is 16.8. The van der Waals surface area contributed by atoms with Crippen LogP contribution < -0.4 is 0 Å². The molecule has 37 heavy (non-hydrogen) atoms. The lowest BCUT2D eigenvalue weighted by Crippen LogP contribution is -2.66. The first-order valence-electron chi connectivity index (χ1n) is 10.6. The van der Waals surface area contributed by atoms with Crippen molar-refractivity contribution in [1.82, 2.24) is 0 Å². The van der Waals surface area contributed by atoms with Crippen molar-refractivity contribution in [2.75, 3.05) is 0 Å². The van der Waals surface area contributed by atoms with Crippen LogP contribution in [0.4, 0.5) is 0 Å². The predicted octanol–water partition coefficient (Wildman–Crippen LogP) is 1.39. The van der Waals surface area contributed by atoms with Crippen molar-refractivity contribution in [3.63, 3.8) is 0 Å². The first-order valence-corrected chi connectivity index (χ1v) is 10.6. The quantitative estimate of drug-likeness (QED) is 0.187. The number of esters is 3. The van der Waals surface area contributed by atoms with Crippen LogP contribution >= 0.6 is 0 Å². The van der Waals surface area contributed by atoms with Crippen LogP contribution in [0.2, 0.25) is 0 Å². The highest BCUT2D eigenvalue weighted by Crippen LogP contribution is 2.35. The number of phenols is 3. The minimum absolute atomic E-state index is 0.401. The number of ether oxygens (including phenoxy) is 3. The van der Waals surface area contributed by atoms with Crippen molar-refractivity contribution in [3.05, 3.63) is 89.5 Å². The van der Waals surface area contributed by atoms with Gasteiger partial charge in [0.05, 0.1) is 0 Å². The van der Waals surface area contributed by atoms with Crippen LogP contribution in [0.1, 0.15) is 38.0 Å². The SMILES string of the molecule is CC(OC(=O)c1ccccc1O)C(OC(=O)c1ccccc1O)(OC(=O)c1ccccc1O)C(O)(O)O. The highest BCUT2D eigenvalue weighted by molar-refractivity contribution is 5.95. The fourth-order valence-electron chi connectivity index (χ4n) is 3.22. The Balaban J connectivity index is 2.08. The number of benzene rings is 3. The van der Waals surface area contributed by atoms with Gasteiger partial charge < -0.3 is 44.8 Å². The third kappa shape index (κ3) is 5.62. The molecule has 0 fully saturated rings. The topological polar surface area (TPSA) is 200 Å². The first kappa shape index (κ1) is 26.9. The van der Waals surface area contributed by atoms with Gasteiger partial charge in [0.15, 0.2) is 6.10 Å². The van der Waals surface area contributed by atoms with Gasteiger partial charge in [0.25, 0.3) is 0 Å². The molecular formula is C25H22O12. The van der Waals surface area contributed by atoms with Crippen LogP contribution in [-0.4, -0.2) is 66.4 Å². The van der Waals surface area contributed by atoms with Gasteiger partial charge in [-0.1, -0.05) is 36.4 Å². The van der Waals surface area contributed by atoms with Gasteiger partial charge in [0, 0.05) is 0 Å². The molecule has 3 rings (SSSR count). The van der Waals surface area contributed by atoms with E-state index >= 15 is 0 Å². The van der Waals surface area contributed by atoms with E-state index in [-0.39, 0.29) is 0 Å². The number of rotatable bonds is 8. The Morgan fingerprint density at radius 3 is 1.27 bits per heavy atom. The number of para-hydroxylation sites is 3. The van der Waals surface area contributed by atoms with E-state index in [2.05, 4.69) is 0 Å². The molecule has 0 saturated carbocycles. The normalized spacial score (nSPS) is 12.3. The van der Waals surface area contributed by atoms with Crippen molar-refractivity contribution in [2.24, 2.45) is 0 Å². The Labute approximate surface area is 209 Å². The zero-order valence-corrected chi connectivity index (χ0v) is 19.1. The molecule has 0 saturated heterocycles. The maximum absolute atomic E-state index is 12.9. The Morgan fingerprint density at radius 1 is 0.622 bits per heavy atom. The molecule has 6 N–H and O–H groups in total. The molecule has 1 atom stereocenters. The molecule has 1 unspecified atom stereocenters. The fraction of sp³-hybridized carbons (Fsp3) is 0.160. The molecule has 0 bridgehead atoms. The molecule has 0 heterocycles. The van der Waals surface area contributed by atoms with Crippen LogP contribution in [0.3, 0.4) is 0 Å². The van der Waals surface area contributed by atoms with Crippen molar-refractivity contribution in [2.45, 2.75) is 24.8 Å². The second-order valence-corrected chi connectivity index (χ2v) is 7.68. The summed E-state index contributed by atoms with van der Waals surface area (Å²) in [5, 5.41) is 60.7. The summed E-state index contributed by atoms with van der Waals surface area (Å²) in [6.45, 7) is 0.881. The zero-order chi connectivity index (χ0) is 27.4. The van der Waals surface area contributed by atoms with Gasteiger partial charge in [-0.2, -0.15) is 0 Å². The molecule has 12 nitrogen and oxygen atoms in total. The van der Waals surface area contributed by atoms with Crippen LogP contribution in [0.15, 0.2) is 72.8 Å². The summed E-state index contributed by atoms with van der Waals surface area (Å²) < 4.78 is 15.1. The summed E-state index contributed by atoms with van der Waals surface area (Å²) in [6.07, 6.45) is -2.18. The molecule has 12 heteroatoms. The maximum Gasteiger partial charge on any atom is 0.376 e. The molecule has 0 aromatic heterocycles. The van der Waals surface area contributed by atoms with Gasteiger partial charge in [-0.05, 0) is 43.3 Å². The molecule has 3 aromatic rings. The molecule has 3 aromatic carbocycles. The van der Waals surface area contributed by atoms with Crippen molar-refractivity contribution in [3.8, 4) is 17.2 Å². The summed E-state index contributed by atoms with van der Waals surface area (Å²) in [5.41, 5.74) is -1.50. The van der Waals surface area contributed by atoms with Crippen LogP contribution in [0, 0.1) is 0 Å². The Bertz CT molecular complexity index is 1250. The number of hydrogen-bond acceptors (Lipinski definition) is 12. The number of hydrogen-bond donors (Lipinski definition) is 6. The average Bonchev–Trinajstić information content (AvgIpc) is 2.83. The van der Waals surface area contributed by atoms with Crippen molar-refractivity contribution in [1.29, 1.82) is 0 Å². The van der Waals surface area contributed by atoms with E-state index in [4.69, 9.17) is 14.2 Å². The Morgan fingerprint density at radius 2 is 0.946 bits per heavy atom. The monoisotopic (exact) mass is 514 g/mol. The molecule has 0 aliphatic heterocycles.